The van der Waals surface area contributed by atoms with E-state index >= 15 is 0 Å². The van der Waals surface area contributed by atoms with Crippen molar-refractivity contribution in [2.75, 3.05) is 6.79 Å². The van der Waals surface area contributed by atoms with Crippen LogP contribution in [0.2, 0.25) is 0 Å². The fourth-order valence-electron chi connectivity index (χ4n) is 2.52. The second-order valence-corrected chi connectivity index (χ2v) is 4.76. The van der Waals surface area contributed by atoms with Crippen molar-refractivity contribution >= 4 is 0 Å². The summed E-state index contributed by atoms with van der Waals surface area (Å²) in [6.07, 6.45) is 1.61. The van der Waals surface area contributed by atoms with Crippen molar-refractivity contribution in [2.45, 2.75) is 31.2 Å². The number of phenols is 1. The molecular weight excluding hydrogens is 225 g/mol. The van der Waals surface area contributed by atoms with Crippen LogP contribution in [0.15, 0.2) is 6.07 Å². The van der Waals surface area contributed by atoms with E-state index in [9.17, 15) is 9.50 Å². The van der Waals surface area contributed by atoms with Gasteiger partial charge in [-0.3, -0.25) is 0 Å². The van der Waals surface area contributed by atoms with E-state index < -0.39 is 17.0 Å². The van der Waals surface area contributed by atoms with Gasteiger partial charge in [0.05, 0.1) is 0 Å². The van der Waals surface area contributed by atoms with Crippen molar-refractivity contribution < 1.29 is 19.0 Å². The van der Waals surface area contributed by atoms with E-state index in [1.165, 1.54) is 6.07 Å². The zero-order valence-electron chi connectivity index (χ0n) is 9.50. The molecule has 1 saturated carbocycles. The maximum atomic E-state index is 14.1. The fraction of sp³-hybridized carbons (Fsp3) is 0.500. The van der Waals surface area contributed by atoms with Crippen molar-refractivity contribution in [1.29, 1.82) is 0 Å². The molecule has 0 amide bonds. The molecule has 1 aliphatic heterocycles. The first-order chi connectivity index (χ1) is 8.06. The van der Waals surface area contributed by atoms with Crippen molar-refractivity contribution in [3.05, 3.63) is 17.4 Å². The van der Waals surface area contributed by atoms with E-state index in [1.54, 1.807) is 0 Å². The van der Waals surface area contributed by atoms with Gasteiger partial charge in [-0.15, -0.1) is 0 Å². The van der Waals surface area contributed by atoms with E-state index in [1.807, 2.05) is 6.92 Å². The Bertz CT molecular complexity index is 483. The second kappa shape index (κ2) is 3.26. The van der Waals surface area contributed by atoms with Crippen LogP contribution in [-0.2, 0) is 5.41 Å². The number of hydrogen-bond donors (Lipinski definition) is 2. The molecule has 92 valence electrons. The maximum Gasteiger partial charge on any atom is 0.231 e. The van der Waals surface area contributed by atoms with Crippen molar-refractivity contribution in [3.8, 4) is 17.2 Å². The van der Waals surface area contributed by atoms with Gasteiger partial charge < -0.3 is 20.3 Å². The van der Waals surface area contributed by atoms with E-state index in [0.717, 1.165) is 12.8 Å². The highest BCUT2D eigenvalue weighted by molar-refractivity contribution is 5.58. The second-order valence-electron chi connectivity index (χ2n) is 4.76. The summed E-state index contributed by atoms with van der Waals surface area (Å²) in [5.74, 6) is -0.249. The molecule has 1 atom stereocenters. The third kappa shape index (κ3) is 1.32. The highest BCUT2D eigenvalue weighted by Crippen LogP contribution is 2.58. The minimum atomic E-state index is -0.635. The monoisotopic (exact) mass is 239 g/mol. The minimum Gasteiger partial charge on any atom is -0.505 e. The number of benzene rings is 1. The molecule has 17 heavy (non-hydrogen) atoms. The molecule has 1 heterocycles. The van der Waals surface area contributed by atoms with Crippen LogP contribution in [-0.4, -0.2) is 17.9 Å². The van der Waals surface area contributed by atoms with Gasteiger partial charge in [-0.1, -0.05) is 0 Å². The predicted octanol–water partition coefficient (Wildman–Crippen LogP) is 1.64. The molecule has 0 spiro atoms. The number of ether oxygens (including phenoxy) is 2. The summed E-state index contributed by atoms with van der Waals surface area (Å²) in [5, 5.41) is 9.59. The SMILES string of the molecule is CC(N)C1(c2c(F)c(O)cc3c2OCO3)CC1. The summed E-state index contributed by atoms with van der Waals surface area (Å²) in [5.41, 5.74) is 5.89. The molecule has 0 saturated heterocycles. The third-order valence-electron chi connectivity index (χ3n) is 3.74. The summed E-state index contributed by atoms with van der Waals surface area (Å²) >= 11 is 0. The van der Waals surface area contributed by atoms with Gasteiger partial charge in [-0.2, -0.15) is 0 Å². The van der Waals surface area contributed by atoms with Gasteiger partial charge in [-0.25, -0.2) is 4.39 Å². The Balaban J connectivity index is 2.22. The van der Waals surface area contributed by atoms with Gasteiger partial charge in [0, 0.05) is 23.1 Å². The van der Waals surface area contributed by atoms with Crippen LogP contribution in [0.4, 0.5) is 4.39 Å². The Morgan fingerprint density at radius 2 is 2.18 bits per heavy atom. The first kappa shape index (κ1) is 10.7. The molecule has 3 rings (SSSR count). The summed E-state index contributed by atoms with van der Waals surface area (Å²) in [6.45, 7) is 1.90. The fourth-order valence-corrected chi connectivity index (χ4v) is 2.52. The highest BCUT2D eigenvalue weighted by atomic mass is 19.1. The zero-order chi connectivity index (χ0) is 12.2. The summed E-state index contributed by atoms with van der Waals surface area (Å²) in [7, 11) is 0. The molecule has 4 nitrogen and oxygen atoms in total. The zero-order valence-corrected chi connectivity index (χ0v) is 9.50. The Morgan fingerprint density at radius 1 is 1.47 bits per heavy atom. The van der Waals surface area contributed by atoms with Gasteiger partial charge in [0.1, 0.15) is 0 Å². The van der Waals surface area contributed by atoms with Gasteiger partial charge in [0.25, 0.3) is 0 Å². The van der Waals surface area contributed by atoms with Crippen molar-refractivity contribution in [2.24, 2.45) is 5.73 Å². The first-order valence-electron chi connectivity index (χ1n) is 5.63. The van der Waals surface area contributed by atoms with E-state index in [-0.39, 0.29) is 12.8 Å². The normalized spacial score (nSPS) is 21.4. The molecule has 1 fully saturated rings. The molecule has 3 N–H and O–H groups in total. The predicted molar refractivity (Wildman–Crippen MR) is 58.7 cm³/mol. The standard InChI is InChI=1S/C12H14FNO3/c1-6(14)12(2-3-12)9-10(13)7(15)4-8-11(9)17-5-16-8/h4,6,15H,2-3,5,14H2,1H3. The van der Waals surface area contributed by atoms with Crippen LogP contribution < -0.4 is 15.2 Å². The molecule has 5 heteroatoms. The molecule has 0 bridgehead atoms. The van der Waals surface area contributed by atoms with Gasteiger partial charge in [0.2, 0.25) is 6.79 Å². The Morgan fingerprint density at radius 3 is 2.76 bits per heavy atom. The molecule has 1 aromatic rings. The topological polar surface area (TPSA) is 64.7 Å². The lowest BCUT2D eigenvalue weighted by Gasteiger charge is -2.22. The highest BCUT2D eigenvalue weighted by Gasteiger charge is 2.52. The number of hydrogen-bond acceptors (Lipinski definition) is 4. The number of aromatic hydroxyl groups is 1. The van der Waals surface area contributed by atoms with E-state index in [4.69, 9.17) is 15.2 Å². The summed E-state index contributed by atoms with van der Waals surface area (Å²) < 4.78 is 24.6. The number of halogens is 1. The molecular formula is C12H14FNO3. The maximum absolute atomic E-state index is 14.1. The molecule has 0 radical (unpaired) electrons. The lowest BCUT2D eigenvalue weighted by molar-refractivity contribution is 0.172. The molecule has 1 aromatic carbocycles. The van der Waals surface area contributed by atoms with E-state index in [0.29, 0.717) is 17.1 Å². The minimum absolute atomic E-state index is 0.0558. The lowest BCUT2D eigenvalue weighted by atomic mass is 9.88. The molecule has 0 aromatic heterocycles. The molecule has 1 unspecified atom stereocenters. The Hall–Kier alpha value is -1.49. The van der Waals surface area contributed by atoms with Crippen LogP contribution in [0, 0.1) is 5.82 Å². The Labute approximate surface area is 98.1 Å². The summed E-state index contributed by atoms with van der Waals surface area (Å²) in [6, 6.07) is 1.06. The third-order valence-corrected chi connectivity index (χ3v) is 3.74. The number of nitrogens with two attached hydrogens (primary N) is 1. The quantitative estimate of drug-likeness (QED) is 0.823. The van der Waals surface area contributed by atoms with Gasteiger partial charge in [0.15, 0.2) is 23.1 Å². The average Bonchev–Trinajstić information content (AvgIpc) is 2.95. The summed E-state index contributed by atoms with van der Waals surface area (Å²) in [4.78, 5) is 0. The van der Waals surface area contributed by atoms with Crippen molar-refractivity contribution in [1.82, 2.24) is 0 Å². The lowest BCUT2D eigenvalue weighted by Crippen LogP contribution is -2.32. The number of rotatable bonds is 2. The first-order valence-corrected chi connectivity index (χ1v) is 5.63. The van der Waals surface area contributed by atoms with E-state index in [2.05, 4.69) is 0 Å². The molecule has 1 aliphatic carbocycles. The van der Waals surface area contributed by atoms with Gasteiger partial charge in [-0.05, 0) is 19.8 Å². The van der Waals surface area contributed by atoms with Crippen LogP contribution in [0.25, 0.3) is 0 Å². The van der Waals surface area contributed by atoms with Crippen LogP contribution in [0.1, 0.15) is 25.3 Å². The van der Waals surface area contributed by atoms with Crippen LogP contribution in [0.3, 0.4) is 0 Å². The average molecular weight is 239 g/mol. The van der Waals surface area contributed by atoms with Crippen LogP contribution in [0.5, 0.6) is 17.2 Å². The van der Waals surface area contributed by atoms with Crippen molar-refractivity contribution in [3.63, 3.8) is 0 Å². The number of fused-ring (bicyclic) bond motifs is 1. The van der Waals surface area contributed by atoms with Crippen LogP contribution >= 0.6 is 0 Å². The largest absolute Gasteiger partial charge is 0.505 e. The molecule has 2 aliphatic rings. The van der Waals surface area contributed by atoms with Gasteiger partial charge >= 0.3 is 0 Å². The Kier molecular flexibility index (Phi) is 2.04. The number of phenolic OH excluding ortho intramolecular Hbond substituents is 1. The smallest absolute Gasteiger partial charge is 0.231 e.